The molecule has 20 heavy (non-hydrogen) atoms. The lowest BCUT2D eigenvalue weighted by molar-refractivity contribution is -0.385. The van der Waals surface area contributed by atoms with Crippen molar-refractivity contribution < 1.29 is 10.0 Å². The van der Waals surface area contributed by atoms with Crippen molar-refractivity contribution in [1.29, 1.82) is 0 Å². The normalized spacial score (nSPS) is 10.8. The quantitative estimate of drug-likeness (QED) is 0.669. The van der Waals surface area contributed by atoms with E-state index in [-0.39, 0.29) is 11.4 Å². The van der Waals surface area contributed by atoms with E-state index in [4.69, 9.17) is 0 Å². The maximum Gasteiger partial charge on any atom is 0.310 e. The van der Waals surface area contributed by atoms with Gasteiger partial charge in [0.05, 0.1) is 4.92 Å². The summed E-state index contributed by atoms with van der Waals surface area (Å²) in [7, 11) is 0. The Balaban J connectivity index is 2.14. The first kappa shape index (κ1) is 14.3. The van der Waals surface area contributed by atoms with Gasteiger partial charge >= 0.3 is 5.69 Å². The molecule has 5 heteroatoms. The fraction of sp³-hybridized carbons (Fsp3) is 0.0667. The summed E-state index contributed by atoms with van der Waals surface area (Å²) in [6.07, 6.45) is 4.43. The minimum absolute atomic E-state index is 0.267. The second kappa shape index (κ2) is 6.34. The number of allylic oxidation sites excluding steroid dienone is 1. The van der Waals surface area contributed by atoms with Gasteiger partial charge in [0.15, 0.2) is 5.75 Å². The van der Waals surface area contributed by atoms with Crippen LogP contribution in [0.25, 0.3) is 6.08 Å². The first-order valence-corrected chi connectivity index (χ1v) is 6.74. The van der Waals surface area contributed by atoms with Gasteiger partial charge in [0, 0.05) is 10.5 Å². The Morgan fingerprint density at radius 3 is 2.70 bits per heavy atom. The highest BCUT2D eigenvalue weighted by Crippen LogP contribution is 2.26. The van der Waals surface area contributed by atoms with Crippen molar-refractivity contribution in [2.75, 3.05) is 0 Å². The van der Waals surface area contributed by atoms with Crippen molar-refractivity contribution >= 4 is 27.7 Å². The number of halogens is 1. The van der Waals surface area contributed by atoms with Crippen molar-refractivity contribution in [3.63, 3.8) is 0 Å². The molecule has 0 saturated carbocycles. The van der Waals surface area contributed by atoms with Crippen LogP contribution in [0.2, 0.25) is 0 Å². The van der Waals surface area contributed by atoms with Gasteiger partial charge in [0.1, 0.15) is 0 Å². The zero-order valence-electron chi connectivity index (χ0n) is 10.5. The Morgan fingerprint density at radius 2 is 2.00 bits per heavy atom. The van der Waals surface area contributed by atoms with Crippen molar-refractivity contribution in [1.82, 2.24) is 0 Å². The lowest BCUT2D eigenvalue weighted by Gasteiger charge is -2.00. The Morgan fingerprint density at radius 1 is 1.25 bits per heavy atom. The van der Waals surface area contributed by atoms with Gasteiger partial charge in [-0.1, -0.05) is 52.3 Å². The number of nitro groups is 1. The number of hydrogen-bond acceptors (Lipinski definition) is 3. The molecule has 0 fully saturated rings. The van der Waals surface area contributed by atoms with Crippen molar-refractivity contribution in [3.8, 4) is 5.75 Å². The number of phenols is 1. The van der Waals surface area contributed by atoms with Gasteiger partial charge in [-0.3, -0.25) is 10.1 Å². The van der Waals surface area contributed by atoms with Crippen LogP contribution in [0, 0.1) is 10.1 Å². The third kappa shape index (κ3) is 3.45. The molecule has 0 bridgehead atoms. The van der Waals surface area contributed by atoms with E-state index >= 15 is 0 Å². The smallest absolute Gasteiger partial charge is 0.310 e. The number of nitro benzene ring substituents is 1. The van der Waals surface area contributed by atoms with Crippen molar-refractivity contribution in [3.05, 3.63) is 74.3 Å². The van der Waals surface area contributed by atoms with Crippen LogP contribution in [0.3, 0.4) is 0 Å². The van der Waals surface area contributed by atoms with Gasteiger partial charge in [-0.05, 0) is 29.7 Å². The number of hydrogen-bond donors (Lipinski definition) is 1. The summed E-state index contributed by atoms with van der Waals surface area (Å²) in [5, 5.41) is 20.1. The standard InChI is InChI=1S/C15H12BrNO3/c16-13-7-2-1-5-12(13)6-3-4-11-8-9-15(18)14(10-11)17(19)20/h1-3,5-10,18H,4H2/b6-3+. The summed E-state index contributed by atoms with van der Waals surface area (Å²) in [5.74, 6) is -0.312. The molecule has 0 aliphatic carbocycles. The van der Waals surface area contributed by atoms with Crippen molar-refractivity contribution in [2.24, 2.45) is 0 Å². The Hall–Kier alpha value is -2.14. The SMILES string of the molecule is O=[N+]([O-])c1cc(C/C=C/c2ccccc2Br)ccc1O. The molecule has 0 aromatic heterocycles. The van der Waals surface area contributed by atoms with E-state index in [1.54, 1.807) is 6.07 Å². The zero-order chi connectivity index (χ0) is 14.5. The van der Waals surface area contributed by atoms with Crippen LogP contribution in [-0.4, -0.2) is 10.0 Å². The highest BCUT2D eigenvalue weighted by atomic mass is 79.9. The van der Waals surface area contributed by atoms with Gasteiger partial charge in [0.2, 0.25) is 0 Å². The molecule has 0 saturated heterocycles. The monoisotopic (exact) mass is 333 g/mol. The summed E-state index contributed by atoms with van der Waals surface area (Å²) in [5.41, 5.74) is 1.55. The van der Waals surface area contributed by atoms with Crippen LogP contribution < -0.4 is 0 Å². The summed E-state index contributed by atoms with van der Waals surface area (Å²) in [6.45, 7) is 0. The van der Waals surface area contributed by atoms with Gasteiger partial charge in [-0.25, -0.2) is 0 Å². The van der Waals surface area contributed by atoms with E-state index in [1.165, 1.54) is 12.1 Å². The highest BCUT2D eigenvalue weighted by molar-refractivity contribution is 9.10. The Bertz CT molecular complexity index is 668. The van der Waals surface area contributed by atoms with Crippen LogP contribution >= 0.6 is 15.9 Å². The zero-order valence-corrected chi connectivity index (χ0v) is 12.1. The highest BCUT2D eigenvalue weighted by Gasteiger charge is 2.12. The van der Waals surface area contributed by atoms with Crippen LogP contribution in [0.15, 0.2) is 53.0 Å². The fourth-order valence-corrected chi connectivity index (χ4v) is 2.19. The second-order valence-corrected chi connectivity index (χ2v) is 5.06. The maximum absolute atomic E-state index is 10.7. The number of benzene rings is 2. The Labute approximate surface area is 124 Å². The largest absolute Gasteiger partial charge is 0.502 e. The molecule has 0 aliphatic heterocycles. The number of phenolic OH excluding ortho intramolecular Hbond substituents is 1. The summed E-state index contributed by atoms with van der Waals surface area (Å²) < 4.78 is 0.993. The molecule has 0 heterocycles. The summed E-state index contributed by atoms with van der Waals surface area (Å²) in [4.78, 5) is 10.1. The molecular formula is C15H12BrNO3. The third-order valence-corrected chi connectivity index (χ3v) is 3.51. The first-order valence-electron chi connectivity index (χ1n) is 5.95. The third-order valence-electron chi connectivity index (χ3n) is 2.79. The van der Waals surface area contributed by atoms with E-state index in [1.807, 2.05) is 36.4 Å². The Kier molecular flexibility index (Phi) is 4.53. The lowest BCUT2D eigenvalue weighted by Crippen LogP contribution is -1.90. The molecule has 0 aliphatic rings. The predicted molar refractivity (Wildman–Crippen MR) is 81.6 cm³/mol. The number of aromatic hydroxyl groups is 1. The molecule has 102 valence electrons. The first-order chi connectivity index (χ1) is 9.58. The predicted octanol–water partition coefficient (Wildman–Crippen LogP) is 4.32. The average Bonchev–Trinajstić information content (AvgIpc) is 2.42. The minimum Gasteiger partial charge on any atom is -0.502 e. The molecule has 2 aromatic rings. The van der Waals surface area contributed by atoms with Gasteiger partial charge in [-0.2, -0.15) is 0 Å². The molecule has 0 amide bonds. The van der Waals surface area contributed by atoms with Crippen LogP contribution in [-0.2, 0) is 6.42 Å². The minimum atomic E-state index is -0.587. The van der Waals surface area contributed by atoms with Crippen LogP contribution in [0.4, 0.5) is 5.69 Å². The molecule has 0 unspecified atom stereocenters. The maximum atomic E-state index is 10.7. The molecule has 2 aromatic carbocycles. The van der Waals surface area contributed by atoms with E-state index in [9.17, 15) is 15.2 Å². The number of rotatable bonds is 4. The molecule has 0 spiro atoms. The van der Waals surface area contributed by atoms with E-state index in [0.29, 0.717) is 6.42 Å². The lowest BCUT2D eigenvalue weighted by atomic mass is 10.1. The van der Waals surface area contributed by atoms with Crippen LogP contribution in [0.1, 0.15) is 11.1 Å². The summed E-state index contributed by atoms with van der Waals surface area (Å²) >= 11 is 3.45. The summed E-state index contributed by atoms with van der Waals surface area (Å²) in [6, 6.07) is 12.2. The van der Waals surface area contributed by atoms with Crippen molar-refractivity contribution in [2.45, 2.75) is 6.42 Å². The average molecular weight is 334 g/mol. The molecule has 2 rings (SSSR count). The van der Waals surface area contributed by atoms with Crippen LogP contribution in [0.5, 0.6) is 5.75 Å². The molecule has 0 atom stereocenters. The fourth-order valence-electron chi connectivity index (χ4n) is 1.77. The molecule has 1 N–H and O–H groups in total. The molecule has 0 radical (unpaired) electrons. The van der Waals surface area contributed by atoms with E-state index < -0.39 is 4.92 Å². The van der Waals surface area contributed by atoms with E-state index in [0.717, 1.165) is 15.6 Å². The van der Waals surface area contributed by atoms with E-state index in [2.05, 4.69) is 15.9 Å². The van der Waals surface area contributed by atoms with Gasteiger partial charge in [0.25, 0.3) is 0 Å². The second-order valence-electron chi connectivity index (χ2n) is 4.21. The molecule has 4 nitrogen and oxygen atoms in total. The topological polar surface area (TPSA) is 63.4 Å². The van der Waals surface area contributed by atoms with Gasteiger partial charge < -0.3 is 5.11 Å². The molecular weight excluding hydrogens is 322 g/mol. The van der Waals surface area contributed by atoms with Gasteiger partial charge in [-0.15, -0.1) is 0 Å². The number of nitrogens with zero attached hydrogens (tertiary/aromatic N) is 1.